The molecule has 0 aliphatic rings. The standard InChI is InChI=1S/C10H11FO3/c1-6-3-7(14-2)4-9(11)8(6)5-10(12)13/h3-4H,5H2,1-2H3,(H,12,13). The lowest BCUT2D eigenvalue weighted by atomic mass is 10.0. The summed E-state index contributed by atoms with van der Waals surface area (Å²) in [5.74, 6) is -1.18. The molecular formula is C10H11FO3. The van der Waals surface area contributed by atoms with Gasteiger partial charge in [0, 0.05) is 11.6 Å². The van der Waals surface area contributed by atoms with Gasteiger partial charge in [0.1, 0.15) is 11.6 Å². The Bertz CT molecular complexity index is 337. The van der Waals surface area contributed by atoms with Crippen molar-refractivity contribution in [2.24, 2.45) is 0 Å². The van der Waals surface area contributed by atoms with E-state index in [0.717, 1.165) is 0 Å². The van der Waals surface area contributed by atoms with Gasteiger partial charge in [-0.25, -0.2) is 4.39 Å². The summed E-state index contributed by atoms with van der Waals surface area (Å²) < 4.78 is 18.2. The number of aliphatic carboxylic acids is 1. The summed E-state index contributed by atoms with van der Waals surface area (Å²) in [6.45, 7) is 1.66. The number of halogens is 1. The molecule has 0 aliphatic heterocycles. The molecule has 0 aromatic heterocycles. The molecule has 0 radical (unpaired) electrons. The Morgan fingerprint density at radius 1 is 1.57 bits per heavy atom. The number of ether oxygens (including phenoxy) is 1. The molecule has 1 rings (SSSR count). The zero-order chi connectivity index (χ0) is 10.7. The van der Waals surface area contributed by atoms with E-state index < -0.39 is 11.8 Å². The monoisotopic (exact) mass is 198 g/mol. The molecule has 0 atom stereocenters. The van der Waals surface area contributed by atoms with Gasteiger partial charge >= 0.3 is 5.97 Å². The average Bonchev–Trinajstić information content (AvgIpc) is 2.10. The van der Waals surface area contributed by atoms with Crippen molar-refractivity contribution >= 4 is 5.97 Å². The smallest absolute Gasteiger partial charge is 0.307 e. The molecule has 0 fully saturated rings. The number of benzene rings is 1. The van der Waals surface area contributed by atoms with Crippen LogP contribution >= 0.6 is 0 Å². The van der Waals surface area contributed by atoms with E-state index in [0.29, 0.717) is 11.3 Å². The van der Waals surface area contributed by atoms with Gasteiger partial charge in [0.15, 0.2) is 0 Å². The molecule has 0 unspecified atom stereocenters. The van der Waals surface area contributed by atoms with Gasteiger partial charge in [-0.05, 0) is 18.6 Å². The summed E-state index contributed by atoms with van der Waals surface area (Å²) >= 11 is 0. The number of carboxylic acids is 1. The molecule has 1 aromatic carbocycles. The van der Waals surface area contributed by atoms with Crippen molar-refractivity contribution in [1.29, 1.82) is 0 Å². The first kappa shape index (κ1) is 10.5. The fourth-order valence-corrected chi connectivity index (χ4v) is 1.24. The fraction of sp³-hybridized carbons (Fsp3) is 0.300. The fourth-order valence-electron chi connectivity index (χ4n) is 1.24. The number of hydrogen-bond acceptors (Lipinski definition) is 2. The summed E-state index contributed by atoms with van der Waals surface area (Å²) in [7, 11) is 1.44. The van der Waals surface area contributed by atoms with Crippen LogP contribution in [0.25, 0.3) is 0 Å². The first-order valence-corrected chi connectivity index (χ1v) is 4.09. The molecule has 76 valence electrons. The predicted octanol–water partition coefficient (Wildman–Crippen LogP) is 1.77. The normalized spacial score (nSPS) is 9.93. The van der Waals surface area contributed by atoms with Crippen molar-refractivity contribution < 1.29 is 19.0 Å². The second-order valence-corrected chi connectivity index (χ2v) is 2.98. The van der Waals surface area contributed by atoms with E-state index in [4.69, 9.17) is 9.84 Å². The van der Waals surface area contributed by atoms with Crippen molar-refractivity contribution in [3.8, 4) is 5.75 Å². The van der Waals surface area contributed by atoms with Gasteiger partial charge in [0.2, 0.25) is 0 Å². The molecule has 0 saturated heterocycles. The minimum atomic E-state index is -1.04. The Labute approximate surface area is 81.1 Å². The first-order chi connectivity index (χ1) is 6.54. The largest absolute Gasteiger partial charge is 0.497 e. The number of aryl methyl sites for hydroxylation is 1. The van der Waals surface area contributed by atoms with E-state index in [1.165, 1.54) is 13.2 Å². The van der Waals surface area contributed by atoms with Gasteiger partial charge in [-0.1, -0.05) is 0 Å². The quantitative estimate of drug-likeness (QED) is 0.805. The van der Waals surface area contributed by atoms with Crippen LogP contribution in [0.15, 0.2) is 12.1 Å². The maximum atomic E-state index is 13.3. The van der Waals surface area contributed by atoms with E-state index in [1.54, 1.807) is 13.0 Å². The molecule has 3 nitrogen and oxygen atoms in total. The summed E-state index contributed by atoms with van der Waals surface area (Å²) in [6.07, 6.45) is -0.304. The number of carbonyl (C=O) groups is 1. The van der Waals surface area contributed by atoms with Crippen molar-refractivity contribution in [1.82, 2.24) is 0 Å². The minimum Gasteiger partial charge on any atom is -0.497 e. The third-order valence-corrected chi connectivity index (χ3v) is 1.96. The van der Waals surface area contributed by atoms with Crippen LogP contribution in [0.4, 0.5) is 4.39 Å². The molecule has 0 spiro atoms. The maximum absolute atomic E-state index is 13.3. The first-order valence-electron chi connectivity index (χ1n) is 4.09. The Hall–Kier alpha value is -1.58. The zero-order valence-electron chi connectivity index (χ0n) is 8.00. The highest BCUT2D eigenvalue weighted by molar-refractivity contribution is 5.71. The number of methoxy groups -OCH3 is 1. The van der Waals surface area contributed by atoms with Crippen molar-refractivity contribution in [2.75, 3.05) is 7.11 Å². The Kier molecular flexibility index (Phi) is 3.06. The summed E-state index contributed by atoms with van der Waals surface area (Å²) in [6, 6.07) is 2.80. The Morgan fingerprint density at radius 2 is 2.21 bits per heavy atom. The van der Waals surface area contributed by atoms with Crippen LogP contribution < -0.4 is 4.74 Å². The highest BCUT2D eigenvalue weighted by atomic mass is 19.1. The van der Waals surface area contributed by atoms with Crippen LogP contribution in [-0.4, -0.2) is 18.2 Å². The number of rotatable bonds is 3. The van der Waals surface area contributed by atoms with E-state index in [9.17, 15) is 9.18 Å². The highest BCUT2D eigenvalue weighted by Gasteiger charge is 2.11. The lowest BCUT2D eigenvalue weighted by molar-refractivity contribution is -0.136. The summed E-state index contributed by atoms with van der Waals surface area (Å²) in [5, 5.41) is 8.54. The van der Waals surface area contributed by atoms with Crippen molar-refractivity contribution in [3.63, 3.8) is 0 Å². The molecule has 1 aromatic rings. The van der Waals surface area contributed by atoms with E-state index in [-0.39, 0.29) is 12.0 Å². The summed E-state index contributed by atoms with van der Waals surface area (Å²) in [5.41, 5.74) is 0.794. The van der Waals surface area contributed by atoms with Crippen LogP contribution in [0.5, 0.6) is 5.75 Å². The van der Waals surface area contributed by atoms with Crippen LogP contribution in [-0.2, 0) is 11.2 Å². The summed E-state index contributed by atoms with van der Waals surface area (Å²) in [4.78, 5) is 10.4. The SMILES string of the molecule is COc1cc(C)c(CC(=O)O)c(F)c1. The molecule has 14 heavy (non-hydrogen) atoms. The van der Waals surface area contributed by atoms with Gasteiger partial charge in [-0.15, -0.1) is 0 Å². The molecule has 0 aliphatic carbocycles. The molecule has 1 N–H and O–H groups in total. The van der Waals surface area contributed by atoms with E-state index in [2.05, 4.69) is 0 Å². The molecule has 4 heteroatoms. The molecule has 0 heterocycles. The van der Waals surface area contributed by atoms with Gasteiger partial charge in [-0.3, -0.25) is 4.79 Å². The predicted molar refractivity (Wildman–Crippen MR) is 49.0 cm³/mol. The topological polar surface area (TPSA) is 46.5 Å². The van der Waals surface area contributed by atoms with Gasteiger partial charge in [0.25, 0.3) is 0 Å². The Balaban J connectivity index is 3.11. The molecular weight excluding hydrogens is 187 g/mol. The van der Waals surface area contributed by atoms with Crippen LogP contribution in [0, 0.1) is 12.7 Å². The lowest BCUT2D eigenvalue weighted by Gasteiger charge is -2.07. The molecule has 0 amide bonds. The maximum Gasteiger partial charge on any atom is 0.307 e. The van der Waals surface area contributed by atoms with Crippen molar-refractivity contribution in [2.45, 2.75) is 13.3 Å². The number of carboxylic acid groups (broad SMARTS) is 1. The van der Waals surface area contributed by atoms with Crippen LogP contribution in [0.1, 0.15) is 11.1 Å². The third kappa shape index (κ3) is 2.22. The van der Waals surface area contributed by atoms with E-state index in [1.807, 2.05) is 0 Å². The van der Waals surface area contributed by atoms with Gasteiger partial charge in [0.05, 0.1) is 13.5 Å². The van der Waals surface area contributed by atoms with Gasteiger partial charge < -0.3 is 9.84 Å². The number of hydrogen-bond donors (Lipinski definition) is 1. The molecule has 0 bridgehead atoms. The third-order valence-electron chi connectivity index (χ3n) is 1.96. The average molecular weight is 198 g/mol. The second-order valence-electron chi connectivity index (χ2n) is 2.98. The molecule has 0 saturated carbocycles. The highest BCUT2D eigenvalue weighted by Crippen LogP contribution is 2.21. The minimum absolute atomic E-state index is 0.207. The second kappa shape index (κ2) is 4.09. The van der Waals surface area contributed by atoms with Crippen LogP contribution in [0.2, 0.25) is 0 Å². The van der Waals surface area contributed by atoms with Crippen LogP contribution in [0.3, 0.4) is 0 Å². The van der Waals surface area contributed by atoms with Gasteiger partial charge in [-0.2, -0.15) is 0 Å². The zero-order valence-corrected chi connectivity index (χ0v) is 8.00. The lowest BCUT2D eigenvalue weighted by Crippen LogP contribution is -2.05. The van der Waals surface area contributed by atoms with Crippen molar-refractivity contribution in [3.05, 3.63) is 29.1 Å². The van der Waals surface area contributed by atoms with E-state index >= 15 is 0 Å². The Morgan fingerprint density at radius 3 is 2.64 bits per heavy atom.